The van der Waals surface area contributed by atoms with E-state index >= 15 is 0 Å². The fourth-order valence-corrected chi connectivity index (χ4v) is 2.89. The van der Waals surface area contributed by atoms with Crippen LogP contribution in [0.1, 0.15) is 19.8 Å². The Morgan fingerprint density at radius 3 is 3.09 bits per heavy atom. The highest BCUT2D eigenvalue weighted by Crippen LogP contribution is 2.21. The number of fused-ring (bicyclic) bond motifs is 1. The van der Waals surface area contributed by atoms with Crippen molar-refractivity contribution < 1.29 is 9.53 Å². The number of hydrogen-bond donors (Lipinski definition) is 2. The molecule has 116 valence electrons. The third-order valence-corrected chi connectivity index (χ3v) is 4.03. The lowest BCUT2D eigenvalue weighted by Crippen LogP contribution is -2.36. The molecule has 0 unspecified atom stereocenters. The second-order valence-corrected chi connectivity index (χ2v) is 5.79. The summed E-state index contributed by atoms with van der Waals surface area (Å²) in [6.07, 6.45) is 4.01. The summed E-state index contributed by atoms with van der Waals surface area (Å²) in [6.45, 7) is 3.54. The maximum absolute atomic E-state index is 12.1. The van der Waals surface area contributed by atoms with E-state index in [0.717, 1.165) is 36.0 Å². The van der Waals surface area contributed by atoms with Crippen LogP contribution in [-0.4, -0.2) is 30.3 Å². The Labute approximate surface area is 130 Å². The van der Waals surface area contributed by atoms with Gasteiger partial charge in [0.25, 0.3) is 0 Å². The number of rotatable bonds is 3. The number of carbonyl (C=O) groups is 1. The van der Waals surface area contributed by atoms with E-state index in [-0.39, 0.29) is 12.1 Å². The molecule has 0 aliphatic carbocycles. The van der Waals surface area contributed by atoms with Gasteiger partial charge in [0.1, 0.15) is 0 Å². The smallest absolute Gasteiger partial charge is 0.319 e. The third kappa shape index (κ3) is 3.54. The van der Waals surface area contributed by atoms with E-state index in [4.69, 9.17) is 4.74 Å². The van der Waals surface area contributed by atoms with E-state index in [1.165, 1.54) is 0 Å². The Kier molecular flexibility index (Phi) is 4.53. The van der Waals surface area contributed by atoms with Gasteiger partial charge in [0.05, 0.1) is 17.3 Å². The van der Waals surface area contributed by atoms with Crippen LogP contribution in [0.2, 0.25) is 0 Å². The average Bonchev–Trinajstić information content (AvgIpc) is 2.53. The predicted octanol–water partition coefficient (Wildman–Crippen LogP) is 3.17. The second kappa shape index (κ2) is 6.75. The van der Waals surface area contributed by atoms with Crippen molar-refractivity contribution in [2.24, 2.45) is 5.92 Å². The molecule has 2 amide bonds. The molecular formula is C17H21N3O2. The van der Waals surface area contributed by atoms with Gasteiger partial charge in [0, 0.05) is 24.7 Å². The Balaban J connectivity index is 1.59. The summed E-state index contributed by atoms with van der Waals surface area (Å²) in [6, 6.07) is 9.45. The zero-order valence-electron chi connectivity index (χ0n) is 12.7. The van der Waals surface area contributed by atoms with Crippen LogP contribution in [0.15, 0.2) is 36.5 Å². The molecule has 1 aromatic carbocycles. The molecule has 1 aliphatic heterocycles. The largest absolute Gasteiger partial charge is 0.378 e. The number of para-hydroxylation sites is 1. The Morgan fingerprint density at radius 1 is 1.36 bits per heavy atom. The molecule has 2 N–H and O–H groups in total. The van der Waals surface area contributed by atoms with Gasteiger partial charge < -0.3 is 15.4 Å². The van der Waals surface area contributed by atoms with Crippen LogP contribution in [0.3, 0.4) is 0 Å². The topological polar surface area (TPSA) is 63.2 Å². The van der Waals surface area contributed by atoms with Gasteiger partial charge in [-0.15, -0.1) is 0 Å². The van der Waals surface area contributed by atoms with Gasteiger partial charge in [-0.1, -0.05) is 18.2 Å². The standard InChI is InChI=1S/C17H21N3O2/c1-12-10-13(7-9-22-12)11-19-17(21)20-15-6-2-4-14-5-3-8-18-16(14)15/h2-6,8,12-13H,7,9-11H2,1H3,(H2,19,20,21)/t12-,13+/m0/s1. The minimum atomic E-state index is -0.183. The first-order valence-corrected chi connectivity index (χ1v) is 7.72. The molecule has 2 atom stereocenters. The number of urea groups is 1. The number of amides is 2. The lowest BCUT2D eigenvalue weighted by atomic mass is 9.96. The number of benzene rings is 1. The maximum Gasteiger partial charge on any atom is 0.319 e. The summed E-state index contributed by atoms with van der Waals surface area (Å²) >= 11 is 0. The first-order chi connectivity index (χ1) is 10.7. The van der Waals surface area contributed by atoms with Crippen molar-refractivity contribution in [1.29, 1.82) is 0 Å². The molecule has 0 saturated carbocycles. The van der Waals surface area contributed by atoms with Crippen LogP contribution < -0.4 is 10.6 Å². The van der Waals surface area contributed by atoms with Crippen molar-refractivity contribution >= 4 is 22.6 Å². The van der Waals surface area contributed by atoms with E-state index in [9.17, 15) is 4.79 Å². The number of pyridine rings is 1. The molecule has 0 bridgehead atoms. The number of aromatic nitrogens is 1. The number of carbonyl (C=O) groups excluding carboxylic acids is 1. The summed E-state index contributed by atoms with van der Waals surface area (Å²) in [5.41, 5.74) is 1.54. The zero-order valence-corrected chi connectivity index (χ0v) is 12.7. The van der Waals surface area contributed by atoms with Crippen molar-refractivity contribution in [3.8, 4) is 0 Å². The number of ether oxygens (including phenoxy) is 1. The Morgan fingerprint density at radius 2 is 2.23 bits per heavy atom. The van der Waals surface area contributed by atoms with Crippen molar-refractivity contribution in [1.82, 2.24) is 10.3 Å². The van der Waals surface area contributed by atoms with E-state index < -0.39 is 0 Å². The average molecular weight is 299 g/mol. The minimum absolute atomic E-state index is 0.183. The molecule has 2 heterocycles. The molecule has 1 aliphatic rings. The summed E-state index contributed by atoms with van der Waals surface area (Å²) in [5.74, 6) is 0.486. The van der Waals surface area contributed by atoms with Crippen LogP contribution in [-0.2, 0) is 4.74 Å². The predicted molar refractivity (Wildman–Crippen MR) is 86.9 cm³/mol. The van der Waals surface area contributed by atoms with Crippen molar-refractivity contribution in [3.05, 3.63) is 36.5 Å². The highest BCUT2D eigenvalue weighted by molar-refractivity contribution is 5.99. The molecule has 3 rings (SSSR count). The molecular weight excluding hydrogens is 278 g/mol. The lowest BCUT2D eigenvalue weighted by molar-refractivity contribution is 0.00354. The SMILES string of the molecule is C[C@H]1C[C@H](CNC(=O)Nc2cccc3cccnc23)CCO1. The van der Waals surface area contributed by atoms with Crippen LogP contribution in [0.4, 0.5) is 10.5 Å². The normalized spacial score (nSPS) is 21.5. The lowest BCUT2D eigenvalue weighted by Gasteiger charge is -2.27. The number of nitrogens with zero attached hydrogens (tertiary/aromatic N) is 1. The molecule has 1 aromatic heterocycles. The van der Waals surface area contributed by atoms with Gasteiger partial charge in [0.15, 0.2) is 0 Å². The minimum Gasteiger partial charge on any atom is -0.378 e. The van der Waals surface area contributed by atoms with E-state index in [2.05, 4.69) is 22.5 Å². The quantitative estimate of drug-likeness (QED) is 0.915. The van der Waals surface area contributed by atoms with E-state index in [1.54, 1.807) is 6.20 Å². The van der Waals surface area contributed by atoms with Crippen molar-refractivity contribution in [3.63, 3.8) is 0 Å². The van der Waals surface area contributed by atoms with Gasteiger partial charge in [0.2, 0.25) is 0 Å². The van der Waals surface area contributed by atoms with Crippen molar-refractivity contribution in [2.45, 2.75) is 25.9 Å². The first kappa shape index (κ1) is 14.8. The van der Waals surface area contributed by atoms with E-state index in [0.29, 0.717) is 12.5 Å². The number of nitrogens with one attached hydrogen (secondary N) is 2. The molecule has 0 radical (unpaired) electrons. The summed E-state index contributed by atoms with van der Waals surface area (Å²) < 4.78 is 5.52. The van der Waals surface area contributed by atoms with Gasteiger partial charge in [-0.25, -0.2) is 4.79 Å². The molecule has 22 heavy (non-hydrogen) atoms. The van der Waals surface area contributed by atoms with Crippen LogP contribution in [0, 0.1) is 5.92 Å². The van der Waals surface area contributed by atoms with Crippen LogP contribution in [0.25, 0.3) is 10.9 Å². The Hall–Kier alpha value is -2.14. The molecule has 1 fully saturated rings. The zero-order chi connectivity index (χ0) is 15.4. The fraction of sp³-hybridized carbons (Fsp3) is 0.412. The van der Waals surface area contributed by atoms with Gasteiger partial charge in [-0.05, 0) is 37.8 Å². The highest BCUT2D eigenvalue weighted by Gasteiger charge is 2.19. The van der Waals surface area contributed by atoms with E-state index in [1.807, 2.05) is 30.3 Å². The van der Waals surface area contributed by atoms with Crippen LogP contribution in [0.5, 0.6) is 0 Å². The van der Waals surface area contributed by atoms with Gasteiger partial charge in [-0.2, -0.15) is 0 Å². The van der Waals surface area contributed by atoms with Gasteiger partial charge in [-0.3, -0.25) is 4.98 Å². The number of hydrogen-bond acceptors (Lipinski definition) is 3. The Bertz CT molecular complexity index is 654. The molecule has 5 nitrogen and oxygen atoms in total. The summed E-state index contributed by atoms with van der Waals surface area (Å²) in [4.78, 5) is 16.4. The van der Waals surface area contributed by atoms with Crippen molar-refractivity contribution in [2.75, 3.05) is 18.5 Å². The maximum atomic E-state index is 12.1. The fourth-order valence-electron chi connectivity index (χ4n) is 2.89. The molecule has 0 spiro atoms. The number of anilines is 1. The molecule has 5 heteroatoms. The first-order valence-electron chi connectivity index (χ1n) is 7.72. The molecule has 1 saturated heterocycles. The monoisotopic (exact) mass is 299 g/mol. The summed E-state index contributed by atoms with van der Waals surface area (Å²) in [5, 5.41) is 6.86. The van der Waals surface area contributed by atoms with Gasteiger partial charge >= 0.3 is 6.03 Å². The highest BCUT2D eigenvalue weighted by atomic mass is 16.5. The summed E-state index contributed by atoms with van der Waals surface area (Å²) in [7, 11) is 0. The van der Waals surface area contributed by atoms with Crippen LogP contribution >= 0.6 is 0 Å². The third-order valence-electron chi connectivity index (χ3n) is 4.03. The molecule has 2 aromatic rings. The second-order valence-electron chi connectivity index (χ2n) is 5.79.